The summed E-state index contributed by atoms with van der Waals surface area (Å²) in [5.41, 5.74) is -0.632. The predicted molar refractivity (Wildman–Crippen MR) is 72.4 cm³/mol. The van der Waals surface area contributed by atoms with Gasteiger partial charge in [-0.1, -0.05) is 11.6 Å². The molecule has 1 aliphatic rings. The van der Waals surface area contributed by atoms with Gasteiger partial charge in [-0.25, -0.2) is 17.9 Å². The van der Waals surface area contributed by atoms with E-state index >= 15 is 0 Å². The summed E-state index contributed by atoms with van der Waals surface area (Å²) in [5.74, 6) is -1.29. The molecule has 0 saturated heterocycles. The fourth-order valence-corrected chi connectivity index (χ4v) is 3.12. The summed E-state index contributed by atoms with van der Waals surface area (Å²) in [5, 5.41) is 18.1. The number of benzene rings is 1. The van der Waals surface area contributed by atoms with E-state index in [1.807, 2.05) is 0 Å². The average Bonchev–Trinajstić information content (AvgIpc) is 3.17. The van der Waals surface area contributed by atoms with Crippen LogP contribution in [0.4, 0.5) is 0 Å². The largest absolute Gasteiger partial charge is 0.478 e. The van der Waals surface area contributed by atoms with Crippen LogP contribution in [0, 0.1) is 5.41 Å². The van der Waals surface area contributed by atoms with Gasteiger partial charge in [0, 0.05) is 18.6 Å². The standard InChI is InChI=1S/C12H14ClNO5S/c13-10-2-1-8(5-9(10)11(16)17)20(18,19)14-6-12(7-15)3-4-12/h1-2,5,14-15H,3-4,6-7H2,(H,16,17). The molecule has 110 valence electrons. The number of aliphatic hydroxyl groups excluding tert-OH is 1. The molecule has 20 heavy (non-hydrogen) atoms. The van der Waals surface area contributed by atoms with Crippen molar-refractivity contribution in [2.75, 3.05) is 13.2 Å². The molecule has 8 heteroatoms. The number of halogens is 1. The van der Waals surface area contributed by atoms with Crippen LogP contribution in [0.25, 0.3) is 0 Å². The van der Waals surface area contributed by atoms with Gasteiger partial charge in [0.05, 0.1) is 15.5 Å². The average molecular weight is 320 g/mol. The molecular formula is C12H14ClNO5S. The zero-order valence-electron chi connectivity index (χ0n) is 10.5. The predicted octanol–water partition coefficient (Wildman–Crippen LogP) is 1.09. The molecule has 0 bridgehead atoms. The fraction of sp³-hybridized carbons (Fsp3) is 0.417. The minimum Gasteiger partial charge on any atom is -0.478 e. The van der Waals surface area contributed by atoms with E-state index in [1.54, 1.807) is 0 Å². The maximum absolute atomic E-state index is 12.1. The summed E-state index contributed by atoms with van der Waals surface area (Å²) in [6.07, 6.45) is 1.54. The van der Waals surface area contributed by atoms with Crippen molar-refractivity contribution in [3.63, 3.8) is 0 Å². The van der Waals surface area contributed by atoms with Gasteiger partial charge in [0.25, 0.3) is 0 Å². The van der Waals surface area contributed by atoms with E-state index in [-0.39, 0.29) is 34.0 Å². The molecule has 1 saturated carbocycles. The molecule has 0 radical (unpaired) electrons. The Balaban J connectivity index is 2.21. The third kappa shape index (κ3) is 3.12. The molecule has 0 heterocycles. The van der Waals surface area contributed by atoms with E-state index in [1.165, 1.54) is 12.1 Å². The second kappa shape index (κ2) is 5.33. The van der Waals surface area contributed by atoms with Crippen LogP contribution in [0.1, 0.15) is 23.2 Å². The zero-order valence-corrected chi connectivity index (χ0v) is 12.0. The van der Waals surface area contributed by atoms with Crippen molar-refractivity contribution < 1.29 is 23.4 Å². The molecule has 1 fully saturated rings. The van der Waals surface area contributed by atoms with Crippen LogP contribution < -0.4 is 4.72 Å². The minimum absolute atomic E-state index is 0.0227. The van der Waals surface area contributed by atoms with Crippen LogP contribution in [-0.4, -0.2) is 37.8 Å². The number of sulfonamides is 1. The van der Waals surface area contributed by atoms with Gasteiger partial charge in [-0.15, -0.1) is 0 Å². The number of carboxylic acids is 1. The van der Waals surface area contributed by atoms with Crippen LogP contribution in [0.3, 0.4) is 0 Å². The topological polar surface area (TPSA) is 104 Å². The highest BCUT2D eigenvalue weighted by atomic mass is 35.5. The van der Waals surface area contributed by atoms with Gasteiger partial charge >= 0.3 is 5.97 Å². The fourth-order valence-electron chi connectivity index (χ4n) is 1.73. The van der Waals surface area contributed by atoms with Gasteiger partial charge in [0.15, 0.2) is 0 Å². The summed E-state index contributed by atoms with van der Waals surface area (Å²) in [6.45, 7) is 0.0629. The molecule has 1 aliphatic carbocycles. The summed E-state index contributed by atoms with van der Waals surface area (Å²) in [6, 6.07) is 3.50. The van der Waals surface area contributed by atoms with E-state index in [4.69, 9.17) is 21.8 Å². The van der Waals surface area contributed by atoms with E-state index in [2.05, 4.69) is 4.72 Å². The lowest BCUT2D eigenvalue weighted by Gasteiger charge is -2.13. The quantitative estimate of drug-likeness (QED) is 0.728. The first-order valence-corrected chi connectivity index (χ1v) is 7.79. The number of hydrogen-bond acceptors (Lipinski definition) is 4. The Morgan fingerprint density at radius 2 is 2.05 bits per heavy atom. The Morgan fingerprint density at radius 3 is 2.55 bits per heavy atom. The van der Waals surface area contributed by atoms with Crippen LogP contribution in [-0.2, 0) is 10.0 Å². The van der Waals surface area contributed by atoms with Gasteiger partial charge in [0.2, 0.25) is 10.0 Å². The lowest BCUT2D eigenvalue weighted by Crippen LogP contribution is -2.32. The van der Waals surface area contributed by atoms with Gasteiger partial charge < -0.3 is 10.2 Å². The highest BCUT2D eigenvalue weighted by molar-refractivity contribution is 7.89. The Morgan fingerprint density at radius 1 is 1.40 bits per heavy atom. The van der Waals surface area contributed by atoms with Crippen LogP contribution in [0.5, 0.6) is 0 Å². The molecular weight excluding hydrogens is 306 g/mol. The first-order valence-electron chi connectivity index (χ1n) is 5.93. The van der Waals surface area contributed by atoms with Gasteiger partial charge in [0.1, 0.15) is 0 Å². The molecule has 0 atom stereocenters. The van der Waals surface area contributed by atoms with Gasteiger partial charge in [-0.3, -0.25) is 0 Å². The zero-order chi connectivity index (χ0) is 15.0. The molecule has 0 unspecified atom stereocenters. The lowest BCUT2D eigenvalue weighted by atomic mass is 10.1. The van der Waals surface area contributed by atoms with Crippen molar-refractivity contribution in [1.29, 1.82) is 0 Å². The van der Waals surface area contributed by atoms with E-state index < -0.39 is 16.0 Å². The van der Waals surface area contributed by atoms with Crippen molar-refractivity contribution in [1.82, 2.24) is 4.72 Å². The normalized spacial score (nSPS) is 16.9. The number of aliphatic hydroxyl groups is 1. The minimum atomic E-state index is -3.82. The second-order valence-electron chi connectivity index (χ2n) is 4.93. The number of carboxylic acid groups (broad SMARTS) is 1. The summed E-state index contributed by atoms with van der Waals surface area (Å²) < 4.78 is 26.6. The first-order chi connectivity index (χ1) is 9.30. The third-order valence-corrected chi connectivity index (χ3v) is 5.14. The molecule has 1 aromatic rings. The summed E-state index contributed by atoms with van der Waals surface area (Å²) in [7, 11) is -3.82. The maximum Gasteiger partial charge on any atom is 0.337 e. The molecule has 1 aromatic carbocycles. The van der Waals surface area contributed by atoms with Crippen LogP contribution in [0.15, 0.2) is 23.1 Å². The summed E-state index contributed by atoms with van der Waals surface area (Å²) in [4.78, 5) is 10.8. The maximum atomic E-state index is 12.1. The highest BCUT2D eigenvalue weighted by Crippen LogP contribution is 2.44. The number of carbonyl (C=O) groups is 1. The van der Waals surface area contributed by atoms with Crippen molar-refractivity contribution >= 4 is 27.6 Å². The molecule has 0 aliphatic heterocycles. The monoisotopic (exact) mass is 319 g/mol. The summed E-state index contributed by atoms with van der Waals surface area (Å²) >= 11 is 5.69. The Hall–Kier alpha value is -1.15. The molecule has 3 N–H and O–H groups in total. The van der Waals surface area contributed by atoms with Crippen molar-refractivity contribution in [2.24, 2.45) is 5.41 Å². The van der Waals surface area contributed by atoms with Crippen molar-refractivity contribution in [3.8, 4) is 0 Å². The Kier molecular flexibility index (Phi) is 4.06. The Labute approximate surface area is 121 Å². The Bertz CT molecular complexity index is 639. The molecule has 0 amide bonds. The van der Waals surface area contributed by atoms with E-state index in [9.17, 15) is 13.2 Å². The van der Waals surface area contributed by atoms with Gasteiger partial charge in [-0.05, 0) is 31.0 Å². The smallest absolute Gasteiger partial charge is 0.337 e. The molecule has 0 spiro atoms. The van der Waals surface area contributed by atoms with E-state index in [0.29, 0.717) is 0 Å². The number of rotatable bonds is 6. The molecule has 0 aromatic heterocycles. The second-order valence-corrected chi connectivity index (χ2v) is 7.10. The molecule has 2 rings (SSSR count). The molecule has 6 nitrogen and oxygen atoms in total. The first kappa shape index (κ1) is 15.2. The number of aromatic carboxylic acids is 1. The van der Waals surface area contributed by atoms with Crippen molar-refractivity contribution in [3.05, 3.63) is 28.8 Å². The number of hydrogen-bond donors (Lipinski definition) is 3. The van der Waals surface area contributed by atoms with Crippen molar-refractivity contribution in [2.45, 2.75) is 17.7 Å². The third-order valence-electron chi connectivity index (χ3n) is 3.41. The van der Waals surface area contributed by atoms with E-state index in [0.717, 1.165) is 18.9 Å². The van der Waals surface area contributed by atoms with Crippen LogP contribution >= 0.6 is 11.6 Å². The number of nitrogens with one attached hydrogen (secondary N) is 1. The SMILES string of the molecule is O=C(O)c1cc(S(=O)(=O)NCC2(CO)CC2)ccc1Cl. The van der Waals surface area contributed by atoms with Gasteiger partial charge in [-0.2, -0.15) is 0 Å². The van der Waals surface area contributed by atoms with Crippen LogP contribution in [0.2, 0.25) is 5.02 Å². The highest BCUT2D eigenvalue weighted by Gasteiger charge is 2.42. The lowest BCUT2D eigenvalue weighted by molar-refractivity contribution is 0.0697.